The summed E-state index contributed by atoms with van der Waals surface area (Å²) in [6.45, 7) is 13.4. The molecule has 0 aliphatic carbocycles. The lowest BCUT2D eigenvalue weighted by Gasteiger charge is -2.34. The van der Waals surface area contributed by atoms with Crippen molar-refractivity contribution < 1.29 is 4.74 Å². The van der Waals surface area contributed by atoms with Gasteiger partial charge in [0.25, 0.3) is 0 Å². The van der Waals surface area contributed by atoms with Gasteiger partial charge in [0, 0.05) is 39.3 Å². The summed E-state index contributed by atoms with van der Waals surface area (Å²) in [5.41, 5.74) is 4.01. The molecule has 0 spiro atoms. The standard InChI is InChI=1S/C26H40N4O/c1-23-5-7-24(8-6-23)21-27-13-3-15-29-17-19-30(20-18-29)16-4-14-28-22-25-9-11-26(31-2)12-10-25/h5-12,27-28H,3-4,13-22H2,1-2H3. The normalized spacial score (nSPS) is 15.3. The fourth-order valence-corrected chi connectivity index (χ4v) is 4.01. The summed E-state index contributed by atoms with van der Waals surface area (Å²) in [6, 6.07) is 17.1. The third kappa shape index (κ3) is 8.99. The number of hydrogen-bond acceptors (Lipinski definition) is 5. The van der Waals surface area contributed by atoms with Gasteiger partial charge in [-0.15, -0.1) is 0 Å². The maximum atomic E-state index is 5.21. The molecule has 31 heavy (non-hydrogen) atoms. The van der Waals surface area contributed by atoms with Crippen LogP contribution in [-0.4, -0.2) is 69.3 Å². The van der Waals surface area contributed by atoms with Crippen LogP contribution in [0.4, 0.5) is 0 Å². The molecular formula is C26H40N4O. The number of benzene rings is 2. The smallest absolute Gasteiger partial charge is 0.118 e. The second-order valence-electron chi connectivity index (χ2n) is 8.58. The van der Waals surface area contributed by atoms with Crippen molar-refractivity contribution in [3.05, 3.63) is 65.2 Å². The van der Waals surface area contributed by atoms with Crippen LogP contribution in [0.2, 0.25) is 0 Å². The van der Waals surface area contributed by atoms with Crippen LogP contribution in [0.1, 0.15) is 29.5 Å². The van der Waals surface area contributed by atoms with Crippen LogP contribution in [0, 0.1) is 6.92 Å². The van der Waals surface area contributed by atoms with Crippen molar-refractivity contribution in [2.45, 2.75) is 32.9 Å². The summed E-state index contributed by atoms with van der Waals surface area (Å²) in [5.74, 6) is 0.918. The van der Waals surface area contributed by atoms with Gasteiger partial charge >= 0.3 is 0 Å². The Labute approximate surface area is 188 Å². The van der Waals surface area contributed by atoms with E-state index in [-0.39, 0.29) is 0 Å². The van der Waals surface area contributed by atoms with Crippen LogP contribution in [0.3, 0.4) is 0 Å². The van der Waals surface area contributed by atoms with E-state index in [9.17, 15) is 0 Å². The Bertz CT molecular complexity index is 724. The summed E-state index contributed by atoms with van der Waals surface area (Å²) in [5, 5.41) is 7.13. The Morgan fingerprint density at radius 1 is 0.710 bits per heavy atom. The third-order valence-corrected chi connectivity index (χ3v) is 6.06. The second-order valence-corrected chi connectivity index (χ2v) is 8.58. The van der Waals surface area contributed by atoms with Crippen molar-refractivity contribution in [1.29, 1.82) is 0 Å². The maximum Gasteiger partial charge on any atom is 0.118 e. The first-order valence-electron chi connectivity index (χ1n) is 11.8. The Morgan fingerprint density at radius 3 is 1.61 bits per heavy atom. The number of piperazine rings is 1. The molecule has 1 aliphatic rings. The molecule has 5 nitrogen and oxygen atoms in total. The lowest BCUT2D eigenvalue weighted by atomic mass is 10.1. The summed E-state index contributed by atoms with van der Waals surface area (Å²) >= 11 is 0. The molecular weight excluding hydrogens is 384 g/mol. The molecule has 0 saturated carbocycles. The van der Waals surface area contributed by atoms with E-state index in [0.717, 1.165) is 31.9 Å². The second kappa shape index (κ2) is 13.5. The van der Waals surface area contributed by atoms with Gasteiger partial charge in [0.05, 0.1) is 7.11 Å². The van der Waals surface area contributed by atoms with Crippen LogP contribution in [-0.2, 0) is 13.1 Å². The molecule has 5 heteroatoms. The summed E-state index contributed by atoms with van der Waals surface area (Å²) < 4.78 is 5.21. The fraction of sp³-hybridized carbons (Fsp3) is 0.538. The molecule has 2 aromatic carbocycles. The topological polar surface area (TPSA) is 39.8 Å². The number of rotatable bonds is 13. The molecule has 0 radical (unpaired) electrons. The summed E-state index contributed by atoms with van der Waals surface area (Å²) in [4.78, 5) is 5.23. The van der Waals surface area contributed by atoms with Crippen LogP contribution in [0.25, 0.3) is 0 Å². The highest BCUT2D eigenvalue weighted by molar-refractivity contribution is 5.27. The molecule has 0 unspecified atom stereocenters. The van der Waals surface area contributed by atoms with Gasteiger partial charge in [0.2, 0.25) is 0 Å². The first-order chi connectivity index (χ1) is 15.2. The number of nitrogens with zero attached hydrogens (tertiary/aromatic N) is 2. The van der Waals surface area contributed by atoms with Gasteiger partial charge in [-0.25, -0.2) is 0 Å². The number of aryl methyl sites for hydroxylation is 1. The minimum Gasteiger partial charge on any atom is -0.497 e. The van der Waals surface area contributed by atoms with E-state index in [1.807, 2.05) is 12.1 Å². The van der Waals surface area contributed by atoms with Crippen molar-refractivity contribution in [2.75, 3.05) is 59.5 Å². The minimum absolute atomic E-state index is 0.918. The third-order valence-electron chi connectivity index (χ3n) is 6.06. The highest BCUT2D eigenvalue weighted by atomic mass is 16.5. The number of methoxy groups -OCH3 is 1. The molecule has 0 bridgehead atoms. The summed E-state index contributed by atoms with van der Waals surface area (Å²) in [7, 11) is 1.71. The van der Waals surface area contributed by atoms with E-state index < -0.39 is 0 Å². The Balaban J connectivity index is 1.16. The highest BCUT2D eigenvalue weighted by Gasteiger charge is 2.15. The van der Waals surface area contributed by atoms with Crippen molar-refractivity contribution in [3.63, 3.8) is 0 Å². The maximum absolute atomic E-state index is 5.21. The van der Waals surface area contributed by atoms with E-state index in [1.54, 1.807) is 7.11 Å². The average Bonchev–Trinajstić information content (AvgIpc) is 2.81. The van der Waals surface area contributed by atoms with Gasteiger partial charge in [0.1, 0.15) is 5.75 Å². The molecule has 0 aromatic heterocycles. The van der Waals surface area contributed by atoms with Gasteiger partial charge in [0.15, 0.2) is 0 Å². The first kappa shape index (κ1) is 23.7. The van der Waals surface area contributed by atoms with Gasteiger partial charge in [-0.05, 0) is 69.2 Å². The minimum atomic E-state index is 0.918. The zero-order valence-corrected chi connectivity index (χ0v) is 19.4. The average molecular weight is 425 g/mol. The van der Waals surface area contributed by atoms with Crippen LogP contribution in [0.15, 0.2) is 48.5 Å². The molecule has 1 fully saturated rings. The van der Waals surface area contributed by atoms with Crippen LogP contribution in [0.5, 0.6) is 5.75 Å². The lowest BCUT2D eigenvalue weighted by molar-refractivity contribution is 0.130. The Kier molecular flexibility index (Phi) is 10.3. The van der Waals surface area contributed by atoms with Crippen molar-refractivity contribution in [1.82, 2.24) is 20.4 Å². The van der Waals surface area contributed by atoms with Crippen molar-refractivity contribution in [3.8, 4) is 5.75 Å². The lowest BCUT2D eigenvalue weighted by Crippen LogP contribution is -2.47. The Hall–Kier alpha value is -1.92. The van der Waals surface area contributed by atoms with Crippen molar-refractivity contribution in [2.24, 2.45) is 0 Å². The molecule has 170 valence electrons. The Morgan fingerprint density at radius 2 is 1.16 bits per heavy atom. The van der Waals surface area contributed by atoms with Crippen LogP contribution < -0.4 is 15.4 Å². The summed E-state index contributed by atoms with van der Waals surface area (Å²) in [6.07, 6.45) is 2.43. The zero-order chi connectivity index (χ0) is 21.7. The molecule has 1 heterocycles. The SMILES string of the molecule is COc1ccc(CNCCCN2CCN(CCCNCc3ccc(C)cc3)CC2)cc1. The van der Waals surface area contributed by atoms with E-state index >= 15 is 0 Å². The number of hydrogen-bond donors (Lipinski definition) is 2. The zero-order valence-electron chi connectivity index (χ0n) is 19.4. The van der Waals surface area contributed by atoms with Gasteiger partial charge in [-0.1, -0.05) is 42.0 Å². The van der Waals surface area contributed by atoms with E-state index in [2.05, 4.69) is 63.8 Å². The first-order valence-corrected chi connectivity index (χ1v) is 11.8. The highest BCUT2D eigenvalue weighted by Crippen LogP contribution is 2.11. The molecule has 1 saturated heterocycles. The number of ether oxygens (including phenoxy) is 1. The molecule has 2 aromatic rings. The predicted molar refractivity (Wildman–Crippen MR) is 130 cm³/mol. The molecule has 0 atom stereocenters. The molecule has 2 N–H and O–H groups in total. The molecule has 1 aliphatic heterocycles. The quantitative estimate of drug-likeness (QED) is 0.483. The van der Waals surface area contributed by atoms with E-state index in [0.29, 0.717) is 0 Å². The fourth-order valence-electron chi connectivity index (χ4n) is 4.01. The molecule has 0 amide bonds. The van der Waals surface area contributed by atoms with Crippen LogP contribution >= 0.6 is 0 Å². The van der Waals surface area contributed by atoms with Gasteiger partial charge in [-0.2, -0.15) is 0 Å². The van der Waals surface area contributed by atoms with Gasteiger partial charge in [-0.3, -0.25) is 0 Å². The molecule has 3 rings (SSSR count). The monoisotopic (exact) mass is 424 g/mol. The predicted octanol–water partition coefficient (Wildman–Crippen LogP) is 3.28. The number of nitrogens with one attached hydrogen (secondary N) is 2. The van der Waals surface area contributed by atoms with E-state index in [4.69, 9.17) is 4.74 Å². The largest absolute Gasteiger partial charge is 0.497 e. The van der Waals surface area contributed by atoms with Gasteiger partial charge < -0.3 is 25.2 Å². The van der Waals surface area contributed by atoms with Crippen molar-refractivity contribution >= 4 is 0 Å². The van der Waals surface area contributed by atoms with E-state index in [1.165, 1.54) is 68.8 Å².